The average Bonchev–Trinajstić information content (AvgIpc) is 2.72. The molecule has 0 bridgehead atoms. The molecule has 0 fully saturated rings. The Bertz CT molecular complexity index is 1120. The minimum Gasteiger partial charge on any atom is -0.486 e. The summed E-state index contributed by atoms with van der Waals surface area (Å²) in [6, 6.07) is 6.33. The average molecular weight is 524 g/mol. The van der Waals surface area contributed by atoms with Crippen molar-refractivity contribution in [2.45, 2.75) is 52.1 Å². The molecule has 0 saturated carbocycles. The lowest BCUT2D eigenvalue weighted by molar-refractivity contribution is 0.0566. The van der Waals surface area contributed by atoms with Crippen LogP contribution in [-0.2, 0) is 9.47 Å². The Hall–Kier alpha value is -2.85. The summed E-state index contributed by atoms with van der Waals surface area (Å²) >= 11 is 6.09. The first-order valence-electron chi connectivity index (χ1n) is 11.3. The van der Waals surface area contributed by atoms with Crippen molar-refractivity contribution in [1.82, 2.24) is 4.98 Å². The Morgan fingerprint density at radius 2 is 1.97 bits per heavy atom. The molecule has 1 N–H and O–H groups in total. The first kappa shape index (κ1) is 26.7. The molecule has 8 nitrogen and oxygen atoms in total. The van der Waals surface area contributed by atoms with Crippen LogP contribution >= 0.6 is 11.6 Å². The van der Waals surface area contributed by atoms with E-state index in [1.807, 2.05) is 0 Å². The van der Waals surface area contributed by atoms with E-state index in [0.29, 0.717) is 5.02 Å². The van der Waals surface area contributed by atoms with Gasteiger partial charge < -0.3 is 14.2 Å². The number of pyridine rings is 1. The van der Waals surface area contributed by atoms with Crippen molar-refractivity contribution in [3.8, 4) is 17.0 Å². The van der Waals surface area contributed by atoms with Gasteiger partial charge in [-0.3, -0.25) is 10.2 Å². The summed E-state index contributed by atoms with van der Waals surface area (Å²) in [4.78, 5) is 31.3. The maximum Gasteiger partial charge on any atom is 0.416 e. The number of halogens is 2. The van der Waals surface area contributed by atoms with Gasteiger partial charge in [-0.2, -0.15) is 0 Å². The highest BCUT2D eigenvalue weighted by Gasteiger charge is 2.32. The third kappa shape index (κ3) is 7.31. The number of aromatic nitrogens is 1. The molecule has 0 radical (unpaired) electrons. The zero-order valence-corrected chi connectivity index (χ0v) is 22.6. The first-order valence-corrected chi connectivity index (χ1v) is 15.4. The number of hydrogen-bond donors (Lipinski definition) is 1. The summed E-state index contributed by atoms with van der Waals surface area (Å²) in [6.07, 6.45) is -1.32. The van der Waals surface area contributed by atoms with E-state index in [4.69, 9.17) is 25.8 Å². The maximum absolute atomic E-state index is 14.7. The molecular weight excluding hydrogens is 493 g/mol. The number of nitrogens with zero attached hydrogens (tertiary/aromatic N) is 2. The molecule has 1 aliphatic heterocycles. The fraction of sp³-hybridized carbons (Fsp3) is 0.458. The number of fused-ring (bicyclic) bond motifs is 1. The molecule has 0 spiro atoms. The van der Waals surface area contributed by atoms with Crippen LogP contribution < -0.4 is 15.0 Å². The molecule has 1 aliphatic rings. The summed E-state index contributed by atoms with van der Waals surface area (Å²) in [5.41, 5.74) is -0.297. The number of nitrogens with one attached hydrogen (secondary N) is 1. The molecule has 0 atom stereocenters. The van der Waals surface area contributed by atoms with Crippen LogP contribution in [0.3, 0.4) is 0 Å². The summed E-state index contributed by atoms with van der Waals surface area (Å²) < 4.78 is 31.3. The second kappa shape index (κ2) is 10.4. The second-order valence-electron chi connectivity index (χ2n) is 10.4. The first-order chi connectivity index (χ1) is 16.2. The molecule has 0 saturated heterocycles. The normalized spacial score (nSPS) is 13.5. The van der Waals surface area contributed by atoms with Gasteiger partial charge in [-0.05, 0) is 51.1 Å². The summed E-state index contributed by atoms with van der Waals surface area (Å²) in [6.45, 7) is 12.4. The Kier molecular flexibility index (Phi) is 7.96. The van der Waals surface area contributed by atoms with Crippen LogP contribution in [-0.4, -0.2) is 50.6 Å². The van der Waals surface area contributed by atoms with E-state index >= 15 is 0 Å². The number of anilines is 2. The Labute approximate surface area is 210 Å². The SMILES string of the molecule is CC(C)(C)OC(=O)N1CCOc2c(NC(=O)OCC[Si](C)(C)C)cc(-c3cc(Cl)ccc3F)nc21. The lowest BCUT2D eigenvalue weighted by atomic mass is 10.1. The third-order valence-electron chi connectivity index (χ3n) is 4.91. The number of rotatable bonds is 5. The Morgan fingerprint density at radius 1 is 1.26 bits per heavy atom. The summed E-state index contributed by atoms with van der Waals surface area (Å²) in [5, 5.41) is 2.97. The molecule has 1 aromatic carbocycles. The fourth-order valence-corrected chi connectivity index (χ4v) is 4.09. The van der Waals surface area contributed by atoms with Crippen molar-refractivity contribution in [3.05, 3.63) is 35.1 Å². The zero-order valence-electron chi connectivity index (χ0n) is 20.8. The highest BCUT2D eigenvalue weighted by molar-refractivity contribution is 6.76. The van der Waals surface area contributed by atoms with E-state index in [2.05, 4.69) is 29.9 Å². The van der Waals surface area contributed by atoms with Crippen molar-refractivity contribution in [1.29, 1.82) is 0 Å². The maximum atomic E-state index is 14.7. The Morgan fingerprint density at radius 3 is 2.63 bits per heavy atom. The molecule has 2 amide bonds. The monoisotopic (exact) mass is 523 g/mol. The summed E-state index contributed by atoms with van der Waals surface area (Å²) in [5.74, 6) is -0.304. The number of benzene rings is 1. The van der Waals surface area contributed by atoms with Crippen LogP contribution in [0.2, 0.25) is 30.7 Å². The predicted molar refractivity (Wildman–Crippen MR) is 137 cm³/mol. The van der Waals surface area contributed by atoms with Crippen LogP contribution in [0.5, 0.6) is 5.75 Å². The van der Waals surface area contributed by atoms with Crippen LogP contribution in [0.25, 0.3) is 11.3 Å². The van der Waals surface area contributed by atoms with Crippen LogP contribution in [0.15, 0.2) is 24.3 Å². The minimum atomic E-state index is -1.40. The van der Waals surface area contributed by atoms with Crippen LogP contribution in [0.4, 0.5) is 25.5 Å². The van der Waals surface area contributed by atoms with E-state index in [1.165, 1.54) is 29.2 Å². The van der Waals surface area contributed by atoms with Gasteiger partial charge in [0.1, 0.15) is 18.0 Å². The van der Waals surface area contributed by atoms with E-state index in [0.717, 1.165) is 6.04 Å². The van der Waals surface area contributed by atoms with Gasteiger partial charge in [0.25, 0.3) is 0 Å². The number of amides is 2. The van der Waals surface area contributed by atoms with Gasteiger partial charge >= 0.3 is 12.2 Å². The number of carbonyl (C=O) groups is 2. The molecule has 3 rings (SSSR count). The zero-order chi connectivity index (χ0) is 26.0. The van der Waals surface area contributed by atoms with Gasteiger partial charge in [-0.1, -0.05) is 31.2 Å². The lowest BCUT2D eigenvalue weighted by Crippen LogP contribution is -2.42. The molecule has 0 aliphatic carbocycles. The van der Waals surface area contributed by atoms with Crippen LogP contribution in [0.1, 0.15) is 20.8 Å². The van der Waals surface area contributed by atoms with Crippen molar-refractivity contribution >= 4 is 43.4 Å². The van der Waals surface area contributed by atoms with E-state index < -0.39 is 31.7 Å². The molecule has 190 valence electrons. The standard InChI is InChI=1S/C24H31ClFN3O5Si/c1-24(2,3)34-23(31)29-9-10-32-20-19(28-22(30)33-11-12-35(4,5)6)14-18(27-21(20)29)16-13-15(25)7-8-17(16)26/h7-8,13-14H,9-12H2,1-6H3,(H,27,28,30). The van der Waals surface area contributed by atoms with E-state index in [1.54, 1.807) is 20.8 Å². The molecule has 2 heterocycles. The quantitative estimate of drug-likeness (QED) is 0.446. The summed E-state index contributed by atoms with van der Waals surface area (Å²) in [7, 11) is -1.40. The molecular formula is C24H31ClFN3O5Si. The number of carbonyl (C=O) groups excluding carboxylic acids is 2. The third-order valence-corrected chi connectivity index (χ3v) is 6.85. The second-order valence-corrected chi connectivity index (χ2v) is 16.4. The van der Waals surface area contributed by atoms with Crippen molar-refractivity contribution in [2.24, 2.45) is 0 Å². The Balaban J connectivity index is 2.02. The van der Waals surface area contributed by atoms with Gasteiger partial charge in [0.2, 0.25) is 0 Å². The smallest absolute Gasteiger partial charge is 0.416 e. The molecule has 35 heavy (non-hydrogen) atoms. The van der Waals surface area contributed by atoms with E-state index in [-0.39, 0.29) is 48.3 Å². The van der Waals surface area contributed by atoms with E-state index in [9.17, 15) is 14.0 Å². The topological polar surface area (TPSA) is 90.0 Å². The minimum absolute atomic E-state index is 0.0970. The van der Waals surface area contributed by atoms with Crippen LogP contribution in [0, 0.1) is 5.82 Å². The van der Waals surface area contributed by atoms with Crippen molar-refractivity contribution in [3.63, 3.8) is 0 Å². The van der Waals surface area contributed by atoms with Crippen molar-refractivity contribution < 1.29 is 28.2 Å². The fourth-order valence-electron chi connectivity index (χ4n) is 3.21. The number of hydrogen-bond acceptors (Lipinski definition) is 6. The highest BCUT2D eigenvalue weighted by Crippen LogP contribution is 2.41. The predicted octanol–water partition coefficient (Wildman–Crippen LogP) is 6.56. The van der Waals surface area contributed by atoms with Crippen molar-refractivity contribution in [2.75, 3.05) is 30.0 Å². The van der Waals surface area contributed by atoms with Gasteiger partial charge in [-0.15, -0.1) is 0 Å². The molecule has 0 unspecified atom stereocenters. The van der Waals surface area contributed by atoms with Gasteiger partial charge in [0, 0.05) is 18.7 Å². The van der Waals surface area contributed by atoms with Gasteiger partial charge in [0.05, 0.1) is 24.5 Å². The van der Waals surface area contributed by atoms with Gasteiger partial charge in [-0.25, -0.2) is 19.0 Å². The largest absolute Gasteiger partial charge is 0.486 e. The molecule has 11 heteroatoms. The highest BCUT2D eigenvalue weighted by atomic mass is 35.5. The van der Waals surface area contributed by atoms with Gasteiger partial charge in [0.15, 0.2) is 11.6 Å². The lowest BCUT2D eigenvalue weighted by Gasteiger charge is -2.32. The molecule has 1 aromatic heterocycles. The number of ether oxygens (including phenoxy) is 3. The molecule has 2 aromatic rings.